The van der Waals surface area contributed by atoms with Crippen LogP contribution in [-0.4, -0.2) is 55.1 Å². The van der Waals surface area contributed by atoms with Crippen LogP contribution in [0, 0.1) is 17.8 Å². The van der Waals surface area contributed by atoms with Crippen molar-refractivity contribution in [3.63, 3.8) is 0 Å². The Balaban J connectivity index is 1.58. The third kappa shape index (κ3) is 5.98. The van der Waals surface area contributed by atoms with Gasteiger partial charge >= 0.3 is 0 Å². The minimum Gasteiger partial charge on any atom is -0.495 e. The number of hydrogen-bond donors (Lipinski definition) is 6. The molecule has 3 aliphatic rings. The zero-order valence-corrected chi connectivity index (χ0v) is 19.6. The van der Waals surface area contributed by atoms with E-state index in [1.165, 1.54) is 37.3 Å². The molecule has 1 saturated heterocycles. The van der Waals surface area contributed by atoms with Crippen molar-refractivity contribution in [2.45, 2.75) is 36.2 Å². The summed E-state index contributed by atoms with van der Waals surface area (Å²) in [6, 6.07) is 0.376. The second-order valence-corrected chi connectivity index (χ2v) is 9.08. The van der Waals surface area contributed by atoms with Gasteiger partial charge in [-0.1, -0.05) is 23.6 Å². The number of hydrogen-bond acceptors (Lipinski definition) is 9. The van der Waals surface area contributed by atoms with Gasteiger partial charge in [0.15, 0.2) is 0 Å². The lowest BCUT2D eigenvalue weighted by Gasteiger charge is -2.24. The van der Waals surface area contributed by atoms with E-state index >= 15 is 0 Å². The number of carbonyl (C=O) groups is 1. The highest BCUT2D eigenvalue weighted by molar-refractivity contribution is 8.00. The normalized spacial score (nSPS) is 23.9. The van der Waals surface area contributed by atoms with Gasteiger partial charge in [-0.2, -0.15) is 0 Å². The third-order valence-corrected chi connectivity index (χ3v) is 6.29. The van der Waals surface area contributed by atoms with Crippen LogP contribution in [-0.2, 0) is 4.74 Å². The van der Waals surface area contributed by atoms with Crippen molar-refractivity contribution in [2.75, 3.05) is 26.1 Å². The lowest BCUT2D eigenvalue weighted by molar-refractivity contribution is 0.0944. The molecule has 0 bridgehead atoms. The van der Waals surface area contributed by atoms with E-state index in [1.807, 2.05) is 0 Å². The molecule has 0 aromatic carbocycles. The van der Waals surface area contributed by atoms with Gasteiger partial charge in [-0.25, -0.2) is 24.6 Å². The quantitative estimate of drug-likeness (QED) is 0.237. The van der Waals surface area contributed by atoms with Gasteiger partial charge in [-0.15, -0.1) is 0 Å². The van der Waals surface area contributed by atoms with Crippen molar-refractivity contribution in [3.05, 3.63) is 41.4 Å². The highest BCUT2D eigenvalue weighted by Crippen LogP contribution is 2.31. The Hall–Kier alpha value is -2.85. The van der Waals surface area contributed by atoms with Crippen molar-refractivity contribution < 1.29 is 18.3 Å². The number of thioether (sulfide) groups is 1. The Kier molecular flexibility index (Phi) is 7.89. The average Bonchev–Trinajstić information content (AvgIpc) is 3.58. The number of pyridine rings is 1. The highest BCUT2D eigenvalue weighted by atomic mass is 32.2. The number of dihydropyridines is 1. The van der Waals surface area contributed by atoms with Crippen molar-refractivity contribution >= 4 is 29.1 Å². The summed E-state index contributed by atoms with van der Waals surface area (Å²) in [4.78, 5) is 17.7. The van der Waals surface area contributed by atoms with E-state index in [4.69, 9.17) is 4.74 Å². The van der Waals surface area contributed by atoms with Crippen LogP contribution in [0.25, 0.3) is 5.57 Å². The first-order valence-electron chi connectivity index (χ1n) is 10.9. The van der Waals surface area contributed by atoms with Gasteiger partial charge < -0.3 is 26.0 Å². The van der Waals surface area contributed by atoms with E-state index in [9.17, 15) is 13.6 Å². The molecule has 34 heavy (non-hydrogen) atoms. The summed E-state index contributed by atoms with van der Waals surface area (Å²) in [6.45, 7) is 0.433. The molecule has 9 nitrogen and oxygen atoms in total. The lowest BCUT2D eigenvalue weighted by atomic mass is 9.96. The summed E-state index contributed by atoms with van der Waals surface area (Å²) >= 11 is 1.44. The van der Waals surface area contributed by atoms with E-state index in [-0.39, 0.29) is 10.9 Å². The van der Waals surface area contributed by atoms with Crippen molar-refractivity contribution in [3.8, 4) is 11.8 Å². The molecule has 3 unspecified atom stereocenters. The number of alkyl halides is 2. The van der Waals surface area contributed by atoms with Crippen LogP contribution in [0.3, 0.4) is 0 Å². The molecule has 1 aromatic heterocycles. The zero-order chi connectivity index (χ0) is 24.1. The smallest absolute Gasteiger partial charge is 0.261 e. The van der Waals surface area contributed by atoms with E-state index in [0.29, 0.717) is 35.3 Å². The molecule has 12 heteroatoms. The summed E-state index contributed by atoms with van der Waals surface area (Å²) in [5.41, 5.74) is 6.67. The van der Waals surface area contributed by atoms with E-state index < -0.39 is 23.9 Å². The van der Waals surface area contributed by atoms with Gasteiger partial charge in [0.05, 0.1) is 19.3 Å². The molecule has 2 aliphatic heterocycles. The number of allylic oxidation sites excluding steroid dienone is 1. The molecule has 3 atom stereocenters. The molecule has 0 spiro atoms. The summed E-state index contributed by atoms with van der Waals surface area (Å²) in [5.74, 6) is 7.25. The fourth-order valence-corrected chi connectivity index (χ4v) is 4.20. The average molecular weight is 492 g/mol. The van der Waals surface area contributed by atoms with Gasteiger partial charge in [-0.05, 0) is 32.0 Å². The molecule has 1 aromatic rings. The van der Waals surface area contributed by atoms with E-state index in [1.54, 1.807) is 13.1 Å². The third-order valence-electron chi connectivity index (χ3n) is 5.27. The Labute approximate surface area is 200 Å². The molecule has 1 aliphatic carbocycles. The molecule has 6 N–H and O–H groups in total. The van der Waals surface area contributed by atoms with Crippen LogP contribution in [0.1, 0.15) is 28.8 Å². The standard InChI is InChI=1S/C22H27F2N7O2S/c1-25-11-28-18-8-14(21(32)29-22-31-30-19(34-22)6-5-12-3-4-12)15(9-27-18)13-7-16(20(23)24)26-10-17(13)33-2/h7-10,12,16,19-20,22,25-26,30-31H,3-4,11H2,1-2H3,(H,27,28)(H,29,32). The van der Waals surface area contributed by atoms with Crippen LogP contribution >= 0.6 is 11.8 Å². The molecule has 2 fully saturated rings. The minimum absolute atomic E-state index is 0.141. The van der Waals surface area contributed by atoms with Gasteiger partial charge in [0.1, 0.15) is 28.5 Å². The molecule has 182 valence electrons. The van der Waals surface area contributed by atoms with Crippen LogP contribution in [0.2, 0.25) is 0 Å². The Morgan fingerprint density at radius 1 is 1.35 bits per heavy atom. The maximum Gasteiger partial charge on any atom is 0.261 e. The summed E-state index contributed by atoms with van der Waals surface area (Å²) < 4.78 is 32.2. The number of aromatic nitrogens is 1. The zero-order valence-electron chi connectivity index (χ0n) is 18.7. The molecule has 1 saturated carbocycles. The molecular formula is C22H27F2N7O2S. The number of amides is 1. The van der Waals surface area contributed by atoms with E-state index in [2.05, 4.69) is 48.9 Å². The van der Waals surface area contributed by atoms with Crippen LogP contribution in [0.15, 0.2) is 30.3 Å². The largest absolute Gasteiger partial charge is 0.495 e. The Morgan fingerprint density at radius 2 is 2.18 bits per heavy atom. The van der Waals surface area contributed by atoms with Gasteiger partial charge in [0, 0.05) is 29.5 Å². The number of rotatable bonds is 8. The Bertz CT molecular complexity index is 1040. The topological polar surface area (TPSA) is 111 Å². The second-order valence-electron chi connectivity index (χ2n) is 7.86. The number of halogens is 2. The summed E-state index contributed by atoms with van der Waals surface area (Å²) in [6.07, 6.45) is 3.86. The SMILES string of the molecule is CNCNc1cc(C(=O)NC2NNC(C#CC3CC3)S2)c(C2=CC(C(F)F)NC=C2OC)cn1. The van der Waals surface area contributed by atoms with Gasteiger partial charge in [0.2, 0.25) is 0 Å². The van der Waals surface area contributed by atoms with Crippen LogP contribution in [0.5, 0.6) is 0 Å². The number of nitrogens with zero attached hydrogens (tertiary/aromatic N) is 1. The molecule has 1 amide bonds. The van der Waals surface area contributed by atoms with Crippen LogP contribution < -0.4 is 32.1 Å². The number of carbonyl (C=O) groups excluding carboxylic acids is 1. The lowest BCUT2D eigenvalue weighted by Crippen LogP contribution is -2.43. The number of anilines is 1. The van der Waals surface area contributed by atoms with Gasteiger partial charge in [-0.3, -0.25) is 4.79 Å². The first-order chi connectivity index (χ1) is 16.5. The number of hydrazine groups is 1. The maximum atomic E-state index is 13.4. The number of nitrogens with one attached hydrogen (secondary N) is 6. The predicted molar refractivity (Wildman–Crippen MR) is 127 cm³/mol. The minimum atomic E-state index is -2.63. The first kappa shape index (κ1) is 24.3. The van der Waals surface area contributed by atoms with Crippen molar-refractivity contribution in [1.82, 2.24) is 31.8 Å². The molecule has 4 rings (SSSR count). The van der Waals surface area contributed by atoms with Crippen molar-refractivity contribution in [1.29, 1.82) is 0 Å². The molecular weight excluding hydrogens is 464 g/mol. The fraction of sp³-hybridized carbons (Fsp3) is 0.455. The first-order valence-corrected chi connectivity index (χ1v) is 11.8. The summed E-state index contributed by atoms with van der Waals surface area (Å²) in [5, 5.41) is 11.4. The monoisotopic (exact) mass is 491 g/mol. The van der Waals surface area contributed by atoms with Gasteiger partial charge in [0.25, 0.3) is 12.3 Å². The number of methoxy groups -OCH3 is 1. The second kappa shape index (κ2) is 11.1. The highest BCUT2D eigenvalue weighted by Gasteiger charge is 2.29. The summed E-state index contributed by atoms with van der Waals surface area (Å²) in [7, 11) is 3.21. The fourth-order valence-electron chi connectivity index (χ4n) is 3.34. The van der Waals surface area contributed by atoms with E-state index in [0.717, 1.165) is 12.8 Å². The van der Waals surface area contributed by atoms with Crippen LogP contribution in [0.4, 0.5) is 14.6 Å². The number of ether oxygens (including phenoxy) is 1. The Morgan fingerprint density at radius 3 is 2.88 bits per heavy atom. The van der Waals surface area contributed by atoms with Crippen molar-refractivity contribution in [2.24, 2.45) is 5.92 Å². The molecule has 3 heterocycles. The molecule has 0 radical (unpaired) electrons. The predicted octanol–water partition coefficient (Wildman–Crippen LogP) is 1.37. The maximum absolute atomic E-state index is 13.4.